The lowest BCUT2D eigenvalue weighted by molar-refractivity contribution is 0.101. The molecule has 94 valence electrons. The number of halogens is 1. The molecule has 0 atom stereocenters. The van der Waals surface area contributed by atoms with E-state index in [9.17, 15) is 4.79 Å². The smallest absolute Gasteiger partial charge is 0.191 e. The number of carbonyl (C=O) groups excluding carboxylic acids is 1. The maximum atomic E-state index is 12.0. The van der Waals surface area contributed by atoms with E-state index >= 15 is 0 Å². The molecule has 0 aliphatic rings. The first-order valence-electron chi connectivity index (χ1n) is 5.64. The van der Waals surface area contributed by atoms with Gasteiger partial charge in [-0.3, -0.25) is 9.48 Å². The van der Waals surface area contributed by atoms with E-state index in [1.54, 1.807) is 28.7 Å². The van der Waals surface area contributed by atoms with E-state index in [1.807, 2.05) is 31.2 Å². The van der Waals surface area contributed by atoms with E-state index in [2.05, 4.69) is 21.0 Å². The van der Waals surface area contributed by atoms with E-state index in [1.165, 1.54) is 0 Å². The Balaban J connectivity index is 1.98. The summed E-state index contributed by atoms with van der Waals surface area (Å²) in [6.45, 7) is 2.70. The minimum Gasteiger partial charge on any atom is -0.292 e. The minimum absolute atomic E-state index is 0.113. The maximum absolute atomic E-state index is 12.0. The summed E-state index contributed by atoms with van der Waals surface area (Å²) in [7, 11) is 0. The molecule has 1 heterocycles. The van der Waals surface area contributed by atoms with Gasteiger partial charge in [0, 0.05) is 22.1 Å². The lowest BCUT2D eigenvalue weighted by atomic mass is 10.3. The summed E-state index contributed by atoms with van der Waals surface area (Å²) >= 11 is 4.93. The summed E-state index contributed by atoms with van der Waals surface area (Å²) in [6, 6.07) is 9.72. The number of hydrogen-bond donors (Lipinski definition) is 0. The van der Waals surface area contributed by atoms with Crippen LogP contribution in [0.1, 0.15) is 17.4 Å². The zero-order chi connectivity index (χ0) is 13.0. The van der Waals surface area contributed by atoms with Crippen LogP contribution in [0.4, 0.5) is 0 Å². The zero-order valence-electron chi connectivity index (χ0n) is 9.97. The van der Waals surface area contributed by atoms with Gasteiger partial charge in [0.15, 0.2) is 5.78 Å². The lowest BCUT2D eigenvalue weighted by Crippen LogP contribution is -2.11. The molecule has 0 radical (unpaired) electrons. The van der Waals surface area contributed by atoms with Crippen molar-refractivity contribution in [2.75, 3.05) is 5.75 Å². The van der Waals surface area contributed by atoms with E-state index in [-0.39, 0.29) is 5.78 Å². The highest BCUT2D eigenvalue weighted by molar-refractivity contribution is 9.10. The Kier molecular flexibility index (Phi) is 4.60. The van der Waals surface area contributed by atoms with Crippen molar-refractivity contribution >= 4 is 33.5 Å². The first-order chi connectivity index (χ1) is 8.70. The number of hydrogen-bond acceptors (Lipinski definition) is 3. The third kappa shape index (κ3) is 3.23. The van der Waals surface area contributed by atoms with Gasteiger partial charge in [-0.15, -0.1) is 11.8 Å². The fraction of sp³-hybridized carbons (Fsp3) is 0.231. The summed E-state index contributed by atoms with van der Waals surface area (Å²) in [5.74, 6) is 0.551. The first kappa shape index (κ1) is 13.4. The van der Waals surface area contributed by atoms with Crippen molar-refractivity contribution in [3.8, 4) is 0 Å². The molecule has 0 saturated carbocycles. The van der Waals surface area contributed by atoms with E-state index in [0.29, 0.717) is 11.4 Å². The summed E-state index contributed by atoms with van der Waals surface area (Å²) in [5.41, 5.74) is 0.683. The molecule has 5 heteroatoms. The lowest BCUT2D eigenvalue weighted by Gasteiger charge is -2.04. The molecule has 0 aliphatic carbocycles. The van der Waals surface area contributed by atoms with Crippen molar-refractivity contribution in [2.24, 2.45) is 0 Å². The average molecular weight is 325 g/mol. The standard InChI is InChI=1S/C13H13BrN2OS/c1-2-16-12(7-8-15-16)13(17)9-18-11-5-3-10(14)4-6-11/h3-8H,2,9H2,1H3. The van der Waals surface area contributed by atoms with Crippen LogP contribution in [-0.4, -0.2) is 21.3 Å². The van der Waals surface area contributed by atoms with Gasteiger partial charge in [-0.2, -0.15) is 5.10 Å². The number of benzene rings is 1. The van der Waals surface area contributed by atoms with E-state index in [4.69, 9.17) is 0 Å². The van der Waals surface area contributed by atoms with Crippen molar-refractivity contribution < 1.29 is 4.79 Å². The highest BCUT2D eigenvalue weighted by Gasteiger charge is 2.11. The molecule has 0 amide bonds. The Labute approximate surface area is 119 Å². The Morgan fingerprint density at radius 1 is 1.33 bits per heavy atom. The molecule has 3 nitrogen and oxygen atoms in total. The number of Topliss-reactive ketones (excluding diaryl/α,β-unsaturated/α-hetero) is 1. The number of ketones is 1. The number of nitrogens with zero attached hydrogens (tertiary/aromatic N) is 2. The molecule has 0 unspecified atom stereocenters. The zero-order valence-corrected chi connectivity index (χ0v) is 12.4. The van der Waals surface area contributed by atoms with Gasteiger partial charge >= 0.3 is 0 Å². The molecular weight excluding hydrogens is 312 g/mol. The van der Waals surface area contributed by atoms with Crippen molar-refractivity contribution in [3.05, 3.63) is 46.7 Å². The highest BCUT2D eigenvalue weighted by Crippen LogP contribution is 2.21. The Morgan fingerprint density at radius 3 is 2.72 bits per heavy atom. The highest BCUT2D eigenvalue weighted by atomic mass is 79.9. The van der Waals surface area contributed by atoms with Crippen LogP contribution in [0.2, 0.25) is 0 Å². The van der Waals surface area contributed by atoms with Crippen LogP contribution in [0.15, 0.2) is 45.9 Å². The van der Waals surface area contributed by atoms with Crippen LogP contribution in [0.25, 0.3) is 0 Å². The normalized spacial score (nSPS) is 10.6. The average Bonchev–Trinajstić information content (AvgIpc) is 2.86. The molecular formula is C13H13BrN2OS. The van der Waals surface area contributed by atoms with Crippen LogP contribution < -0.4 is 0 Å². The van der Waals surface area contributed by atoms with Gasteiger partial charge in [-0.1, -0.05) is 15.9 Å². The monoisotopic (exact) mass is 324 g/mol. The largest absolute Gasteiger partial charge is 0.292 e. The number of rotatable bonds is 5. The number of thioether (sulfide) groups is 1. The Hall–Kier alpha value is -1.07. The predicted octanol–water partition coefficient (Wildman–Crippen LogP) is 3.64. The first-order valence-corrected chi connectivity index (χ1v) is 7.42. The molecule has 0 N–H and O–H groups in total. The van der Waals surface area contributed by atoms with Gasteiger partial charge in [-0.25, -0.2) is 0 Å². The fourth-order valence-electron chi connectivity index (χ4n) is 1.58. The molecule has 1 aromatic carbocycles. The van der Waals surface area contributed by atoms with Crippen LogP contribution in [0, 0.1) is 0 Å². The SMILES string of the molecule is CCn1nccc1C(=O)CSc1ccc(Br)cc1. The van der Waals surface area contributed by atoms with Crippen molar-refractivity contribution in [1.29, 1.82) is 0 Å². The molecule has 0 aliphatic heterocycles. The van der Waals surface area contributed by atoms with E-state index < -0.39 is 0 Å². The van der Waals surface area contributed by atoms with Crippen LogP contribution in [0.3, 0.4) is 0 Å². The third-order valence-electron chi connectivity index (χ3n) is 2.49. The van der Waals surface area contributed by atoms with Crippen LogP contribution in [-0.2, 0) is 6.54 Å². The van der Waals surface area contributed by atoms with Crippen molar-refractivity contribution in [1.82, 2.24) is 9.78 Å². The topological polar surface area (TPSA) is 34.9 Å². The van der Waals surface area contributed by atoms with Gasteiger partial charge in [0.05, 0.1) is 5.75 Å². The predicted molar refractivity (Wildman–Crippen MR) is 77.1 cm³/mol. The molecule has 18 heavy (non-hydrogen) atoms. The van der Waals surface area contributed by atoms with Crippen molar-refractivity contribution in [3.63, 3.8) is 0 Å². The number of aryl methyl sites for hydroxylation is 1. The summed E-state index contributed by atoms with van der Waals surface area (Å²) < 4.78 is 2.77. The Morgan fingerprint density at radius 2 is 2.06 bits per heavy atom. The molecule has 0 saturated heterocycles. The van der Waals surface area contributed by atoms with E-state index in [0.717, 1.165) is 15.9 Å². The maximum Gasteiger partial charge on any atom is 0.191 e. The molecule has 2 aromatic rings. The second kappa shape index (κ2) is 6.20. The van der Waals surface area contributed by atoms with Crippen LogP contribution >= 0.6 is 27.7 Å². The molecule has 2 rings (SSSR count). The van der Waals surface area contributed by atoms with Gasteiger partial charge < -0.3 is 0 Å². The van der Waals surface area contributed by atoms with Crippen LogP contribution in [0.5, 0.6) is 0 Å². The van der Waals surface area contributed by atoms with Crippen molar-refractivity contribution in [2.45, 2.75) is 18.4 Å². The summed E-state index contributed by atoms with van der Waals surface area (Å²) in [4.78, 5) is 13.1. The van der Waals surface area contributed by atoms with Gasteiger partial charge in [0.2, 0.25) is 0 Å². The minimum atomic E-state index is 0.113. The molecule has 0 spiro atoms. The number of aromatic nitrogens is 2. The summed E-state index contributed by atoms with van der Waals surface area (Å²) in [6.07, 6.45) is 1.67. The molecule has 1 aromatic heterocycles. The Bertz CT molecular complexity index is 536. The second-order valence-corrected chi connectivity index (χ2v) is 5.66. The summed E-state index contributed by atoms with van der Waals surface area (Å²) in [5, 5.41) is 4.10. The fourth-order valence-corrected chi connectivity index (χ4v) is 2.61. The third-order valence-corrected chi connectivity index (χ3v) is 4.03. The van der Waals surface area contributed by atoms with Gasteiger partial charge in [0.1, 0.15) is 5.69 Å². The molecule has 0 bridgehead atoms. The number of carbonyl (C=O) groups is 1. The second-order valence-electron chi connectivity index (χ2n) is 3.70. The quantitative estimate of drug-likeness (QED) is 0.622. The van der Waals surface area contributed by atoms with Gasteiger partial charge in [-0.05, 0) is 37.3 Å². The molecule has 0 fully saturated rings. The van der Waals surface area contributed by atoms with Gasteiger partial charge in [0.25, 0.3) is 0 Å².